The number of aromatic carboxylic acids is 1. The normalized spacial score (nSPS) is 15.1. The Bertz CT molecular complexity index is 824. The van der Waals surface area contributed by atoms with E-state index in [-0.39, 0.29) is 11.6 Å². The molecular weight excluding hydrogens is 355 g/mol. The Hall–Kier alpha value is -2.88. The summed E-state index contributed by atoms with van der Waals surface area (Å²) >= 11 is 0. The zero-order chi connectivity index (χ0) is 18.9. The number of hydrogen-bond donors (Lipinski definition) is 1. The number of ether oxygens (including phenoxy) is 1. The first kappa shape index (κ1) is 17.9. The standard InChI is InChI=1S/C16H14F3N3O4/c17-16(18,19)13-12(15(24)25)9-20-22(13)11-3-1-10(2-4-11)14(23)21-5-7-26-8-6-21/h1-4,9H,5-8H2,(H,24,25). The van der Waals surface area contributed by atoms with E-state index in [2.05, 4.69) is 5.10 Å². The van der Waals surface area contributed by atoms with Crippen LogP contribution < -0.4 is 0 Å². The topological polar surface area (TPSA) is 84.7 Å². The van der Waals surface area contributed by atoms with Crippen LogP contribution in [0.4, 0.5) is 13.2 Å². The molecule has 7 nitrogen and oxygen atoms in total. The fourth-order valence-corrected chi connectivity index (χ4v) is 2.67. The number of carbonyl (C=O) groups is 2. The van der Waals surface area contributed by atoms with E-state index in [1.54, 1.807) is 4.90 Å². The smallest absolute Gasteiger partial charge is 0.434 e. The molecule has 3 rings (SSSR count). The van der Waals surface area contributed by atoms with E-state index >= 15 is 0 Å². The third-order valence-electron chi connectivity index (χ3n) is 3.93. The molecular formula is C16H14F3N3O4. The van der Waals surface area contributed by atoms with Crippen LogP contribution in [0.2, 0.25) is 0 Å². The molecule has 0 aliphatic carbocycles. The van der Waals surface area contributed by atoms with Crippen LogP contribution in [0, 0.1) is 0 Å². The minimum atomic E-state index is -4.90. The van der Waals surface area contributed by atoms with Crippen LogP contribution >= 0.6 is 0 Å². The van der Waals surface area contributed by atoms with Gasteiger partial charge in [-0.1, -0.05) is 0 Å². The minimum absolute atomic E-state index is 0.00310. The number of hydrogen-bond acceptors (Lipinski definition) is 4. The molecule has 1 aromatic heterocycles. The predicted octanol–water partition coefficient (Wildman–Crippen LogP) is 2.06. The lowest BCUT2D eigenvalue weighted by atomic mass is 10.1. The van der Waals surface area contributed by atoms with Gasteiger partial charge in [-0.2, -0.15) is 18.3 Å². The van der Waals surface area contributed by atoms with Gasteiger partial charge in [0.15, 0.2) is 5.69 Å². The van der Waals surface area contributed by atoms with Crippen LogP contribution in [0.1, 0.15) is 26.4 Å². The van der Waals surface area contributed by atoms with Gasteiger partial charge in [0, 0.05) is 18.7 Å². The fraction of sp³-hybridized carbons (Fsp3) is 0.312. The van der Waals surface area contributed by atoms with Gasteiger partial charge in [-0.3, -0.25) is 4.79 Å². The molecule has 1 amide bonds. The fourth-order valence-electron chi connectivity index (χ4n) is 2.67. The first-order valence-corrected chi connectivity index (χ1v) is 7.65. The van der Waals surface area contributed by atoms with Crippen LogP contribution in [-0.2, 0) is 10.9 Å². The van der Waals surface area contributed by atoms with E-state index in [9.17, 15) is 22.8 Å². The Morgan fingerprint density at radius 2 is 1.73 bits per heavy atom. The Morgan fingerprint density at radius 1 is 1.12 bits per heavy atom. The SMILES string of the molecule is O=C(O)c1cnn(-c2ccc(C(=O)N3CCOCC3)cc2)c1C(F)(F)F. The van der Waals surface area contributed by atoms with E-state index in [0.717, 1.165) is 0 Å². The summed E-state index contributed by atoms with van der Waals surface area (Å²) in [5.41, 5.74) is -2.00. The van der Waals surface area contributed by atoms with Crippen molar-refractivity contribution in [1.82, 2.24) is 14.7 Å². The van der Waals surface area contributed by atoms with Gasteiger partial charge in [-0.15, -0.1) is 0 Å². The number of alkyl halides is 3. The Morgan fingerprint density at radius 3 is 2.27 bits per heavy atom. The van der Waals surface area contributed by atoms with Gasteiger partial charge in [0.1, 0.15) is 5.56 Å². The van der Waals surface area contributed by atoms with Gasteiger partial charge in [-0.05, 0) is 24.3 Å². The average molecular weight is 369 g/mol. The molecule has 0 radical (unpaired) electrons. The second kappa shape index (κ2) is 6.79. The monoisotopic (exact) mass is 369 g/mol. The van der Waals surface area contributed by atoms with Gasteiger partial charge >= 0.3 is 12.1 Å². The Balaban J connectivity index is 1.92. The number of aromatic nitrogens is 2. The van der Waals surface area contributed by atoms with E-state index in [1.807, 2.05) is 0 Å². The highest BCUT2D eigenvalue weighted by Crippen LogP contribution is 2.33. The number of halogens is 3. The van der Waals surface area contributed by atoms with Crippen molar-refractivity contribution in [2.75, 3.05) is 26.3 Å². The lowest BCUT2D eigenvalue weighted by Gasteiger charge is -2.26. The molecule has 0 saturated carbocycles. The molecule has 2 heterocycles. The van der Waals surface area contributed by atoms with Crippen molar-refractivity contribution in [2.24, 2.45) is 0 Å². The highest BCUT2D eigenvalue weighted by molar-refractivity contribution is 5.94. The van der Waals surface area contributed by atoms with Crippen LogP contribution in [0.3, 0.4) is 0 Å². The largest absolute Gasteiger partial charge is 0.478 e. The van der Waals surface area contributed by atoms with Gasteiger partial charge in [-0.25, -0.2) is 9.48 Å². The zero-order valence-corrected chi connectivity index (χ0v) is 13.4. The molecule has 1 N–H and O–H groups in total. The van der Waals surface area contributed by atoms with E-state index < -0.39 is 23.4 Å². The molecule has 1 fully saturated rings. The maximum atomic E-state index is 13.2. The Labute approximate surface area is 145 Å². The highest BCUT2D eigenvalue weighted by Gasteiger charge is 2.40. The van der Waals surface area contributed by atoms with E-state index in [4.69, 9.17) is 9.84 Å². The maximum absolute atomic E-state index is 13.2. The van der Waals surface area contributed by atoms with Crippen LogP contribution in [0.25, 0.3) is 5.69 Å². The van der Waals surface area contributed by atoms with Gasteiger partial charge in [0.05, 0.1) is 25.1 Å². The van der Waals surface area contributed by atoms with Crippen molar-refractivity contribution in [3.63, 3.8) is 0 Å². The van der Waals surface area contributed by atoms with Crippen molar-refractivity contribution >= 4 is 11.9 Å². The molecule has 0 spiro atoms. The molecule has 0 bridgehead atoms. The molecule has 10 heteroatoms. The number of nitrogens with zero attached hydrogens (tertiary/aromatic N) is 3. The Kier molecular flexibility index (Phi) is 4.68. The molecule has 2 aromatic rings. The van der Waals surface area contributed by atoms with Crippen LogP contribution in [-0.4, -0.2) is 58.0 Å². The van der Waals surface area contributed by atoms with Crippen molar-refractivity contribution < 1.29 is 32.6 Å². The van der Waals surface area contributed by atoms with Crippen molar-refractivity contribution in [2.45, 2.75) is 6.18 Å². The van der Waals surface area contributed by atoms with E-state index in [0.29, 0.717) is 42.7 Å². The third kappa shape index (κ3) is 3.40. The second-order valence-electron chi connectivity index (χ2n) is 5.57. The summed E-state index contributed by atoms with van der Waals surface area (Å²) < 4.78 is 45.4. The number of benzene rings is 1. The van der Waals surface area contributed by atoms with Gasteiger partial charge < -0.3 is 14.7 Å². The number of carbonyl (C=O) groups excluding carboxylic acids is 1. The lowest BCUT2D eigenvalue weighted by Crippen LogP contribution is -2.40. The number of carboxylic acids is 1. The van der Waals surface area contributed by atoms with Crippen LogP contribution in [0.5, 0.6) is 0 Å². The number of carboxylic acid groups (broad SMARTS) is 1. The summed E-state index contributed by atoms with van der Waals surface area (Å²) in [6.07, 6.45) is -4.25. The van der Waals surface area contributed by atoms with Crippen molar-refractivity contribution in [3.05, 3.63) is 47.3 Å². The van der Waals surface area contributed by atoms with Gasteiger partial charge in [0.2, 0.25) is 0 Å². The minimum Gasteiger partial charge on any atom is -0.478 e. The molecule has 1 saturated heterocycles. The summed E-state index contributed by atoms with van der Waals surface area (Å²) in [4.78, 5) is 25.0. The molecule has 1 aliphatic heterocycles. The maximum Gasteiger partial charge on any atom is 0.434 e. The van der Waals surface area contributed by atoms with Gasteiger partial charge in [0.25, 0.3) is 5.91 Å². The summed E-state index contributed by atoms with van der Waals surface area (Å²) in [6.45, 7) is 1.76. The summed E-state index contributed by atoms with van der Waals surface area (Å²) in [6, 6.07) is 5.36. The lowest BCUT2D eigenvalue weighted by molar-refractivity contribution is -0.143. The molecule has 138 valence electrons. The third-order valence-corrected chi connectivity index (χ3v) is 3.93. The molecule has 0 atom stereocenters. The summed E-state index contributed by atoms with van der Waals surface area (Å²) in [7, 11) is 0. The quantitative estimate of drug-likeness (QED) is 0.895. The molecule has 1 aromatic carbocycles. The molecule has 0 unspecified atom stereocenters. The molecule has 26 heavy (non-hydrogen) atoms. The number of amides is 1. The average Bonchev–Trinajstić information content (AvgIpc) is 3.08. The zero-order valence-electron chi connectivity index (χ0n) is 13.4. The summed E-state index contributed by atoms with van der Waals surface area (Å²) in [5, 5.41) is 12.5. The van der Waals surface area contributed by atoms with E-state index in [1.165, 1.54) is 24.3 Å². The second-order valence-corrected chi connectivity index (χ2v) is 5.57. The van der Waals surface area contributed by atoms with Crippen molar-refractivity contribution in [1.29, 1.82) is 0 Å². The first-order valence-electron chi connectivity index (χ1n) is 7.65. The highest BCUT2D eigenvalue weighted by atomic mass is 19.4. The predicted molar refractivity (Wildman–Crippen MR) is 82.2 cm³/mol. The number of rotatable bonds is 3. The van der Waals surface area contributed by atoms with Crippen LogP contribution in [0.15, 0.2) is 30.5 Å². The molecule has 1 aliphatic rings. The summed E-state index contributed by atoms with van der Waals surface area (Å²) in [5.74, 6) is -1.97. The van der Waals surface area contributed by atoms with Crippen molar-refractivity contribution in [3.8, 4) is 5.69 Å². The number of morpholine rings is 1. The first-order chi connectivity index (χ1) is 12.3.